The molecule has 0 saturated carbocycles. The molecule has 47 nitrogen and oxygen atoms in total. The molecule has 3 heterocycles. The molecule has 0 fully saturated rings. The van der Waals surface area contributed by atoms with E-state index in [1.807, 2.05) is 0 Å². The van der Waals surface area contributed by atoms with E-state index in [-0.39, 0.29) is 132 Å². The van der Waals surface area contributed by atoms with Gasteiger partial charge in [0.15, 0.2) is 11.3 Å². The van der Waals surface area contributed by atoms with Gasteiger partial charge < -0.3 is 30.5 Å². The molecule has 0 unspecified atom stereocenters. The predicted molar refractivity (Wildman–Crippen MR) is 416 cm³/mol. The van der Waals surface area contributed by atoms with Crippen molar-refractivity contribution in [3.8, 4) is 23.4 Å². The van der Waals surface area contributed by atoms with Crippen LogP contribution < -0.4 is 25.4 Å². The zero-order valence-corrected chi connectivity index (χ0v) is 68.1. The third kappa shape index (κ3) is 28.9. The fourth-order valence-corrected chi connectivity index (χ4v) is 15.0. The van der Waals surface area contributed by atoms with Crippen molar-refractivity contribution in [1.29, 1.82) is 5.26 Å². The number of benzene rings is 6. The maximum atomic E-state index is 12.4. The first kappa shape index (κ1) is 92.9. The summed E-state index contributed by atoms with van der Waals surface area (Å²) in [7, 11) is -32.8. The smallest absolute Gasteiger partial charge is 0.425 e. The number of thioether (sulfide) groups is 2. The largest absolute Gasteiger partial charge is 0.497 e. The summed E-state index contributed by atoms with van der Waals surface area (Å²) in [6.07, 6.45) is -0.584. The molecule has 117 heavy (non-hydrogen) atoms. The van der Waals surface area contributed by atoms with Gasteiger partial charge in [0.05, 0.1) is 80.3 Å². The van der Waals surface area contributed by atoms with Gasteiger partial charge in [0, 0.05) is 51.9 Å². The van der Waals surface area contributed by atoms with Crippen molar-refractivity contribution in [2.24, 2.45) is 40.9 Å². The first-order valence-corrected chi connectivity index (χ1v) is 45.2. The van der Waals surface area contributed by atoms with Gasteiger partial charge in [-0.15, -0.1) is 79.5 Å². The van der Waals surface area contributed by atoms with E-state index in [0.717, 1.165) is 47.8 Å². The molecule has 0 radical (unpaired) electrons. The van der Waals surface area contributed by atoms with E-state index in [2.05, 4.69) is 82.9 Å². The second kappa shape index (κ2) is 40.1. The van der Waals surface area contributed by atoms with Crippen molar-refractivity contribution >= 4 is 203 Å². The molecule has 0 amide bonds. The van der Waals surface area contributed by atoms with Crippen LogP contribution in [0.3, 0.4) is 0 Å². The number of nitrogens with one attached hydrogen (secondary N) is 3. The van der Waals surface area contributed by atoms with Gasteiger partial charge in [-0.3, -0.25) is 41.8 Å². The minimum Gasteiger partial charge on any atom is -0.497 e. The van der Waals surface area contributed by atoms with Crippen LogP contribution in [0, 0.1) is 42.2 Å². The number of non-ortho nitro benzene ring substituents is 1. The molecule has 9 aromatic rings. The highest BCUT2D eigenvalue weighted by atomic mass is 32.2. The minimum atomic E-state index is -5.13. The molecule has 0 aliphatic rings. The third-order valence-corrected chi connectivity index (χ3v) is 21.9. The number of anilines is 5. The lowest BCUT2D eigenvalue weighted by atomic mass is 10.1. The molecule has 0 atom stereocenters. The Kier molecular flexibility index (Phi) is 31.8. The molecule has 0 saturated heterocycles. The maximum absolute atomic E-state index is 12.4. The molecule has 10 N–H and O–H groups in total. The average molecular weight is 1820 g/mol. The topological polar surface area (TPSA) is 725 Å². The molecule has 0 aliphatic heterocycles. The monoisotopic (exact) mass is 1820 g/mol. The Morgan fingerprint density at radius 1 is 0.564 bits per heavy atom. The van der Waals surface area contributed by atoms with Crippen LogP contribution in [-0.2, 0) is 81.9 Å². The SMILES string of the molecule is COc1ccc2c(c1)nc1c(C#N)c(C)c(N=Nc3cc(C)c(N=Nc4cc(Nc5nc(NCCS(=O)(=O)O)nc(Nc6cccc(S(=O)(=O)O)c6)n5)c(N=Nc5cc(C)c(N=Nc6ccc([N+](=O)[O-])cc6S(=O)(=O)O)cc5SCCCS(=O)(=O)O)cc4SCCCS(=O)(=O)O)cc3OCCCS(=O)(=O)O)c(O)n12.O=S(=O)=O.O=S(=O)=O. The molecule has 3 aromatic heterocycles. The average Bonchev–Trinajstić information content (AvgIpc) is 1.59. The van der Waals surface area contributed by atoms with E-state index in [1.165, 1.54) is 73.9 Å². The van der Waals surface area contributed by atoms with E-state index in [0.29, 0.717) is 28.4 Å². The van der Waals surface area contributed by atoms with Crippen LogP contribution >= 0.6 is 23.5 Å². The van der Waals surface area contributed by atoms with E-state index in [1.54, 1.807) is 25.1 Å². The highest BCUT2D eigenvalue weighted by Crippen LogP contribution is 2.46. The van der Waals surface area contributed by atoms with Crippen molar-refractivity contribution in [2.45, 2.75) is 59.6 Å². The van der Waals surface area contributed by atoms with Gasteiger partial charge in [-0.2, -0.15) is 80.9 Å². The molecule has 0 aliphatic carbocycles. The summed E-state index contributed by atoms with van der Waals surface area (Å²) in [5.74, 6) is -4.48. The molecule has 57 heteroatoms. The molecule has 0 spiro atoms. The van der Waals surface area contributed by atoms with Gasteiger partial charge in [-0.05, 0) is 129 Å². The maximum Gasteiger partial charge on any atom is 0.425 e. The van der Waals surface area contributed by atoms with Crippen LogP contribution in [0.5, 0.6) is 17.4 Å². The van der Waals surface area contributed by atoms with E-state index in [9.17, 15) is 98.3 Å². The lowest BCUT2D eigenvalue weighted by Crippen LogP contribution is -2.17. The number of imidazole rings is 1. The van der Waals surface area contributed by atoms with E-state index < -0.39 is 155 Å². The fourth-order valence-electron chi connectivity index (χ4n) is 9.69. The number of aryl methyl sites for hydroxylation is 2. The summed E-state index contributed by atoms with van der Waals surface area (Å²) in [4.78, 5) is 27.0. The van der Waals surface area contributed by atoms with Gasteiger partial charge in [0.25, 0.3) is 66.4 Å². The summed E-state index contributed by atoms with van der Waals surface area (Å²) >= 11 is 1.92. The van der Waals surface area contributed by atoms with Crippen molar-refractivity contribution in [3.63, 3.8) is 0 Å². The van der Waals surface area contributed by atoms with Crippen LogP contribution in [0.25, 0.3) is 16.7 Å². The summed E-state index contributed by atoms with van der Waals surface area (Å²) < 4.78 is 266. The van der Waals surface area contributed by atoms with Crippen molar-refractivity contribution in [1.82, 2.24) is 24.3 Å². The summed E-state index contributed by atoms with van der Waals surface area (Å²) in [6, 6.07) is 22.2. The predicted octanol–water partition coefficient (Wildman–Crippen LogP) is 10.4. The Hall–Kier alpha value is -11.2. The van der Waals surface area contributed by atoms with Crippen molar-refractivity contribution in [2.75, 3.05) is 70.7 Å². The van der Waals surface area contributed by atoms with E-state index in [4.69, 9.17) is 34.7 Å². The first-order chi connectivity index (χ1) is 54.6. The van der Waals surface area contributed by atoms with Gasteiger partial charge >= 0.3 is 21.2 Å². The van der Waals surface area contributed by atoms with Gasteiger partial charge in [-0.1, -0.05) is 6.07 Å². The standard InChI is InChI=1S/C60H60N18O23S8.2O3S/c1-33-23-47(73-76-55-35(3)40(32-61)56-64-46-27-38(100-4)12-14-50(46)77(56)57(55)79)51(101-16-6-19-104(82,83)84)29-42(33)70-75-49-28-44(65-60-67-58(62-15-22-107(91,92)93)66-59(68-60)63-36-9-5-10-39(25-36)108(94,95)96)45(31-53(49)103-18-8-21-106(88,89)90)72-74-48-24-34(2)43(30-52(48)102-17-7-20-105(85,86)87)71-69-41-13-11-37(78(80)81)26-54(41)109(97,98)99;2*1-4(2)3/h5,9-14,23-31,79H,6-8,15-22H2,1-4H3,(H,82,83,84)(H,85,86,87)(H,88,89,90)(H,91,92,93)(H,94,95,96)(H,97,98,99)(H3,62,63,65,66,67,68);;. The molecular weight excluding hydrogens is 1760 g/mol. The number of fused-ring (bicyclic) bond motifs is 3. The van der Waals surface area contributed by atoms with Gasteiger partial charge in [0.1, 0.15) is 50.8 Å². The number of azo groups is 4. The van der Waals surface area contributed by atoms with Crippen LogP contribution in [0.2, 0.25) is 0 Å². The number of ether oxygens (including phenoxy) is 2. The highest BCUT2D eigenvalue weighted by molar-refractivity contribution is 7.99. The molecule has 624 valence electrons. The number of nitro benzene ring substituents is 1. The second-order valence-corrected chi connectivity index (χ2v) is 35.5. The normalized spacial score (nSPS) is 12.2. The fraction of sp³-hybridized carbons (Fsp3) is 0.250. The zero-order chi connectivity index (χ0) is 86.7. The summed E-state index contributed by atoms with van der Waals surface area (Å²) in [5, 5.41) is 77.3. The van der Waals surface area contributed by atoms with Gasteiger partial charge in [0.2, 0.25) is 23.7 Å². The summed E-state index contributed by atoms with van der Waals surface area (Å²) in [6.45, 7) is 3.69. The Labute approximate surface area is 674 Å². The number of hydrogen-bond donors (Lipinski definition) is 10. The molecular formula is C60H60N18O29S10. The lowest BCUT2D eigenvalue weighted by molar-refractivity contribution is -0.385. The van der Waals surface area contributed by atoms with Crippen LogP contribution in [0.1, 0.15) is 41.5 Å². The van der Waals surface area contributed by atoms with Crippen LogP contribution in [0.4, 0.5) is 80.4 Å². The minimum absolute atomic E-state index is 0.00285. The first-order valence-electron chi connectivity index (χ1n) is 31.9. The third-order valence-electron chi connectivity index (χ3n) is 14.8. The number of pyridine rings is 1. The Morgan fingerprint density at radius 2 is 1.08 bits per heavy atom. The molecule has 9 rings (SSSR count). The number of nitriles is 1. The quantitative estimate of drug-likeness (QED) is 0.00440. The number of methoxy groups -OCH3 is 1. The number of hydrogen-bond acceptors (Lipinski definition) is 41. The Morgan fingerprint density at radius 3 is 1.63 bits per heavy atom. The number of rotatable bonds is 35. The van der Waals surface area contributed by atoms with E-state index >= 15 is 0 Å². The van der Waals surface area contributed by atoms with Crippen molar-refractivity contribution < 1.29 is 123 Å². The highest BCUT2D eigenvalue weighted by Gasteiger charge is 2.25. The molecule has 6 aromatic carbocycles. The number of aromatic nitrogens is 5. The molecule has 0 bridgehead atoms. The second-order valence-electron chi connectivity index (χ2n) is 23.3. The van der Waals surface area contributed by atoms with Crippen molar-refractivity contribution in [3.05, 3.63) is 129 Å². The Bertz CT molecular complexity index is 6480. The zero-order valence-electron chi connectivity index (χ0n) is 59.9. The number of nitrogens with zero attached hydrogens (tertiary/aromatic N) is 15. The Balaban J connectivity index is 0.00000226. The number of aromatic hydroxyl groups is 1. The van der Waals surface area contributed by atoms with Gasteiger partial charge in [-0.25, -0.2) is 4.98 Å². The van der Waals surface area contributed by atoms with Crippen LogP contribution in [-0.4, -0.2) is 192 Å². The summed E-state index contributed by atoms with van der Waals surface area (Å²) in [5.41, 5.74) is -0.286. The van der Waals surface area contributed by atoms with Crippen LogP contribution in [0.15, 0.2) is 158 Å². The lowest BCUT2D eigenvalue weighted by Gasteiger charge is -2.15. The number of nitro groups is 1.